The molecule has 5 heteroatoms. The van der Waals surface area contributed by atoms with Gasteiger partial charge in [0.1, 0.15) is 0 Å². The smallest absolute Gasteiger partial charge is 0.195 e. The van der Waals surface area contributed by atoms with Crippen LogP contribution in [-0.4, -0.2) is 19.0 Å². The summed E-state index contributed by atoms with van der Waals surface area (Å²) in [6, 6.07) is 1.72. The van der Waals surface area contributed by atoms with E-state index in [0.29, 0.717) is 13.0 Å². The Bertz CT molecular complexity index is 425. The highest BCUT2D eigenvalue weighted by atomic mass is 19.2. The summed E-state index contributed by atoms with van der Waals surface area (Å²) in [4.78, 5) is 11.7. The van der Waals surface area contributed by atoms with Crippen molar-refractivity contribution in [3.63, 3.8) is 0 Å². The Morgan fingerprint density at radius 1 is 1.25 bits per heavy atom. The number of carbonyl (C=O) groups excluding carboxylic acids is 1. The van der Waals surface area contributed by atoms with Gasteiger partial charge in [-0.25, -0.2) is 13.2 Å². The molecule has 0 spiro atoms. The molecule has 0 amide bonds. The fourth-order valence-corrected chi connectivity index (χ4v) is 1.68. The summed E-state index contributed by atoms with van der Waals surface area (Å²) >= 11 is 0. The van der Waals surface area contributed by atoms with Gasteiger partial charge in [0, 0.05) is 12.5 Å². The molecule has 1 atom stereocenters. The van der Waals surface area contributed by atoms with Gasteiger partial charge in [-0.1, -0.05) is 0 Å². The van der Waals surface area contributed by atoms with Crippen molar-refractivity contribution >= 4 is 5.78 Å². The Morgan fingerprint density at radius 2 is 2.00 bits per heavy atom. The van der Waals surface area contributed by atoms with Crippen LogP contribution < -0.4 is 0 Å². The molecule has 0 radical (unpaired) electrons. The minimum Gasteiger partial charge on any atom is -0.381 e. The highest BCUT2D eigenvalue weighted by Crippen LogP contribution is 2.22. The maximum Gasteiger partial charge on any atom is 0.195 e. The summed E-state index contributed by atoms with van der Waals surface area (Å²) in [6.07, 6.45) is 0.483. The van der Waals surface area contributed by atoms with Crippen LogP contribution in [0, 0.1) is 23.4 Å². The molecular formula is C11H9F3O2. The summed E-state index contributed by atoms with van der Waals surface area (Å²) in [5, 5.41) is 0. The molecule has 1 aliphatic heterocycles. The third-order valence-electron chi connectivity index (χ3n) is 2.60. The van der Waals surface area contributed by atoms with Crippen molar-refractivity contribution in [1.29, 1.82) is 0 Å². The summed E-state index contributed by atoms with van der Waals surface area (Å²) in [5.74, 6) is -5.31. The lowest BCUT2D eigenvalue weighted by atomic mass is 9.96. The zero-order chi connectivity index (χ0) is 11.7. The Labute approximate surface area is 90.0 Å². The van der Waals surface area contributed by atoms with Crippen molar-refractivity contribution < 1.29 is 22.7 Å². The number of rotatable bonds is 2. The van der Waals surface area contributed by atoms with Gasteiger partial charge in [-0.15, -0.1) is 0 Å². The molecule has 0 N–H and O–H groups in total. The van der Waals surface area contributed by atoms with Gasteiger partial charge in [-0.2, -0.15) is 0 Å². The first-order valence-electron chi connectivity index (χ1n) is 4.86. The molecule has 0 aromatic heterocycles. The van der Waals surface area contributed by atoms with Crippen LogP contribution in [0.1, 0.15) is 16.8 Å². The van der Waals surface area contributed by atoms with Crippen LogP contribution in [0.15, 0.2) is 12.1 Å². The zero-order valence-electron chi connectivity index (χ0n) is 8.30. The standard InChI is InChI=1S/C11H9F3O2/c12-8-2-1-7(9(13)10(8)14)11(15)6-3-4-16-5-6/h1-2,6H,3-5H2. The second kappa shape index (κ2) is 4.25. The number of halogens is 3. The van der Waals surface area contributed by atoms with Crippen molar-refractivity contribution in [3.05, 3.63) is 35.1 Å². The van der Waals surface area contributed by atoms with Crippen LogP contribution in [0.5, 0.6) is 0 Å². The normalized spacial score (nSPS) is 20.1. The molecule has 0 saturated carbocycles. The third kappa shape index (κ3) is 1.82. The second-order valence-corrected chi connectivity index (χ2v) is 3.65. The van der Waals surface area contributed by atoms with E-state index in [0.717, 1.165) is 12.1 Å². The van der Waals surface area contributed by atoms with E-state index in [2.05, 4.69) is 0 Å². The van der Waals surface area contributed by atoms with Crippen molar-refractivity contribution in [2.75, 3.05) is 13.2 Å². The first-order chi connectivity index (χ1) is 7.61. The van der Waals surface area contributed by atoms with Gasteiger partial charge in [0.05, 0.1) is 12.2 Å². The monoisotopic (exact) mass is 230 g/mol. The molecule has 1 aromatic rings. The molecule has 2 rings (SSSR count). The molecular weight excluding hydrogens is 221 g/mol. The van der Waals surface area contributed by atoms with Crippen molar-refractivity contribution in [2.45, 2.75) is 6.42 Å². The Morgan fingerprint density at radius 3 is 2.62 bits per heavy atom. The molecule has 1 aromatic carbocycles. The minimum absolute atomic E-state index is 0.206. The average molecular weight is 230 g/mol. The highest BCUT2D eigenvalue weighted by Gasteiger charge is 2.28. The molecule has 1 saturated heterocycles. The number of hydrogen-bond acceptors (Lipinski definition) is 2. The Hall–Kier alpha value is -1.36. The first kappa shape index (κ1) is 11.1. The van der Waals surface area contributed by atoms with E-state index < -0.39 is 34.7 Å². The van der Waals surface area contributed by atoms with E-state index in [9.17, 15) is 18.0 Å². The van der Waals surface area contributed by atoms with Crippen LogP contribution in [0.25, 0.3) is 0 Å². The van der Waals surface area contributed by atoms with Gasteiger partial charge >= 0.3 is 0 Å². The van der Waals surface area contributed by atoms with E-state index in [4.69, 9.17) is 4.74 Å². The maximum atomic E-state index is 13.3. The molecule has 1 aliphatic rings. The zero-order valence-corrected chi connectivity index (χ0v) is 8.30. The molecule has 1 unspecified atom stereocenters. The van der Waals surface area contributed by atoms with Gasteiger partial charge in [0.15, 0.2) is 23.2 Å². The summed E-state index contributed by atoms with van der Waals surface area (Å²) in [5.41, 5.74) is -0.408. The van der Waals surface area contributed by atoms with Crippen LogP contribution in [0.2, 0.25) is 0 Å². The SMILES string of the molecule is O=C(c1ccc(F)c(F)c1F)C1CCOC1. The van der Waals surface area contributed by atoms with Gasteiger partial charge in [0.2, 0.25) is 0 Å². The number of benzene rings is 1. The fraction of sp³-hybridized carbons (Fsp3) is 0.364. The number of ketones is 1. The number of Topliss-reactive ketones (excluding diaryl/α,β-unsaturated/α-hetero) is 1. The maximum absolute atomic E-state index is 13.3. The predicted octanol–water partition coefficient (Wildman–Crippen LogP) is 2.32. The van der Waals surface area contributed by atoms with Crippen LogP contribution in [0.3, 0.4) is 0 Å². The molecule has 0 bridgehead atoms. The van der Waals surface area contributed by atoms with Crippen LogP contribution in [0.4, 0.5) is 13.2 Å². The van der Waals surface area contributed by atoms with E-state index in [1.807, 2.05) is 0 Å². The summed E-state index contributed by atoms with van der Waals surface area (Å²) in [7, 11) is 0. The minimum atomic E-state index is -1.61. The van der Waals surface area contributed by atoms with E-state index in [1.54, 1.807) is 0 Å². The molecule has 2 nitrogen and oxygen atoms in total. The lowest BCUT2D eigenvalue weighted by Crippen LogP contribution is -2.17. The lowest BCUT2D eigenvalue weighted by Gasteiger charge is -2.08. The third-order valence-corrected chi connectivity index (χ3v) is 2.60. The van der Waals surface area contributed by atoms with E-state index >= 15 is 0 Å². The van der Waals surface area contributed by atoms with Gasteiger partial charge in [-0.3, -0.25) is 4.79 Å². The number of hydrogen-bond donors (Lipinski definition) is 0. The number of ether oxygens (including phenoxy) is 1. The second-order valence-electron chi connectivity index (χ2n) is 3.65. The molecule has 86 valence electrons. The largest absolute Gasteiger partial charge is 0.381 e. The highest BCUT2D eigenvalue weighted by molar-refractivity contribution is 5.98. The Balaban J connectivity index is 2.33. The van der Waals surface area contributed by atoms with Crippen molar-refractivity contribution in [3.8, 4) is 0 Å². The molecule has 0 aliphatic carbocycles. The topological polar surface area (TPSA) is 26.3 Å². The average Bonchev–Trinajstić information content (AvgIpc) is 2.79. The summed E-state index contributed by atoms with van der Waals surface area (Å²) < 4.78 is 43.8. The molecule has 16 heavy (non-hydrogen) atoms. The predicted molar refractivity (Wildman–Crippen MR) is 49.6 cm³/mol. The summed E-state index contributed by atoms with van der Waals surface area (Å²) in [6.45, 7) is 0.638. The van der Waals surface area contributed by atoms with Gasteiger partial charge in [0.25, 0.3) is 0 Å². The Kier molecular flexibility index (Phi) is 2.96. The number of carbonyl (C=O) groups is 1. The quantitative estimate of drug-likeness (QED) is 0.575. The van der Waals surface area contributed by atoms with Crippen LogP contribution in [-0.2, 0) is 4.74 Å². The molecule has 1 fully saturated rings. The van der Waals surface area contributed by atoms with Crippen molar-refractivity contribution in [2.24, 2.45) is 5.92 Å². The van der Waals surface area contributed by atoms with E-state index in [1.165, 1.54) is 0 Å². The lowest BCUT2D eigenvalue weighted by molar-refractivity contribution is 0.0895. The van der Waals surface area contributed by atoms with Gasteiger partial charge < -0.3 is 4.74 Å². The van der Waals surface area contributed by atoms with Crippen molar-refractivity contribution in [1.82, 2.24) is 0 Å². The fourth-order valence-electron chi connectivity index (χ4n) is 1.68. The molecule has 1 heterocycles. The van der Waals surface area contributed by atoms with Gasteiger partial charge in [-0.05, 0) is 18.6 Å². The van der Waals surface area contributed by atoms with Crippen LogP contribution >= 0.6 is 0 Å². The first-order valence-corrected chi connectivity index (χ1v) is 4.86. The van der Waals surface area contributed by atoms with E-state index in [-0.39, 0.29) is 6.61 Å².